The average molecular weight is 368 g/mol. The number of fused-ring (bicyclic) bond motifs is 1. The molecule has 0 aromatic heterocycles. The van der Waals surface area contributed by atoms with Crippen LogP contribution in [0.5, 0.6) is 0 Å². The van der Waals surface area contributed by atoms with Crippen molar-refractivity contribution in [1.82, 2.24) is 5.32 Å². The third-order valence-corrected chi connectivity index (χ3v) is 5.18. The Bertz CT molecular complexity index is 847. The van der Waals surface area contributed by atoms with Gasteiger partial charge in [-0.05, 0) is 42.2 Å². The number of nitrogens with one attached hydrogen (secondary N) is 2. The number of halogens is 1. The summed E-state index contributed by atoms with van der Waals surface area (Å²) in [6.45, 7) is 0.646. The lowest BCUT2D eigenvalue weighted by atomic mass is 9.89. The molecule has 0 spiro atoms. The molecule has 2 aromatic rings. The van der Waals surface area contributed by atoms with E-state index in [-0.39, 0.29) is 36.2 Å². The Labute approximate surface area is 156 Å². The molecule has 2 N–H and O–H groups in total. The lowest BCUT2D eigenvalue weighted by molar-refractivity contribution is -0.127. The van der Waals surface area contributed by atoms with Crippen molar-refractivity contribution >= 4 is 17.5 Å². The minimum Gasteiger partial charge on any atom is -0.376 e. The summed E-state index contributed by atoms with van der Waals surface area (Å²) in [6, 6.07) is 13.1. The van der Waals surface area contributed by atoms with Crippen molar-refractivity contribution < 1.29 is 18.7 Å². The zero-order valence-electron chi connectivity index (χ0n) is 14.8. The van der Waals surface area contributed by atoms with Crippen molar-refractivity contribution in [3.05, 3.63) is 65.5 Å². The van der Waals surface area contributed by atoms with Crippen molar-refractivity contribution in [3.8, 4) is 0 Å². The molecule has 5 nitrogen and oxygen atoms in total. The number of para-hydroxylation sites is 1. The highest BCUT2D eigenvalue weighted by atomic mass is 19.1. The summed E-state index contributed by atoms with van der Waals surface area (Å²) >= 11 is 0. The van der Waals surface area contributed by atoms with Crippen LogP contribution in [0.1, 0.15) is 42.3 Å². The molecule has 0 bridgehead atoms. The lowest BCUT2D eigenvalue weighted by Gasteiger charge is -2.29. The summed E-state index contributed by atoms with van der Waals surface area (Å²) in [5.41, 5.74) is 2.27. The Morgan fingerprint density at radius 1 is 1.19 bits per heavy atom. The molecular formula is C21H21FN2O3. The molecule has 2 aliphatic heterocycles. The number of benzene rings is 2. The van der Waals surface area contributed by atoms with Crippen LogP contribution >= 0.6 is 0 Å². The van der Waals surface area contributed by atoms with E-state index < -0.39 is 5.92 Å². The van der Waals surface area contributed by atoms with Crippen LogP contribution in [0.2, 0.25) is 0 Å². The molecule has 1 saturated heterocycles. The highest BCUT2D eigenvalue weighted by Crippen LogP contribution is 2.34. The van der Waals surface area contributed by atoms with Crippen LogP contribution in [0.3, 0.4) is 0 Å². The summed E-state index contributed by atoms with van der Waals surface area (Å²) in [6.07, 6.45) is 1.69. The van der Waals surface area contributed by atoms with Crippen molar-refractivity contribution in [2.75, 3.05) is 11.9 Å². The second-order valence-corrected chi connectivity index (χ2v) is 6.98. The standard InChI is InChI=1S/C21H21FN2O3/c22-14-9-7-13(8-10-14)20(18-6-3-11-27-18)24-21(26)16-12-19(25)23-17-5-2-1-4-15(16)17/h1-2,4-5,7-10,16,18,20H,3,6,11-12H2,(H,23,25)(H,24,26). The average Bonchev–Trinajstić information content (AvgIpc) is 3.20. The number of hydrogen-bond donors (Lipinski definition) is 2. The minimum absolute atomic E-state index is 0.102. The van der Waals surface area contributed by atoms with Gasteiger partial charge in [-0.2, -0.15) is 0 Å². The second kappa shape index (κ2) is 7.48. The monoisotopic (exact) mass is 368 g/mol. The summed E-state index contributed by atoms with van der Waals surface area (Å²) in [5, 5.41) is 5.87. The van der Waals surface area contributed by atoms with E-state index in [0.717, 1.165) is 24.0 Å². The maximum Gasteiger partial charge on any atom is 0.228 e. The first-order valence-corrected chi connectivity index (χ1v) is 9.18. The molecule has 2 heterocycles. The van der Waals surface area contributed by atoms with Crippen LogP contribution in [0, 0.1) is 5.82 Å². The smallest absolute Gasteiger partial charge is 0.228 e. The normalized spacial score (nSPS) is 22.6. The predicted molar refractivity (Wildman–Crippen MR) is 98.7 cm³/mol. The van der Waals surface area contributed by atoms with Gasteiger partial charge in [-0.1, -0.05) is 30.3 Å². The molecule has 6 heteroatoms. The Kier molecular flexibility index (Phi) is 4.90. The molecule has 3 unspecified atom stereocenters. The van der Waals surface area contributed by atoms with Crippen LogP contribution in [0.25, 0.3) is 0 Å². The van der Waals surface area contributed by atoms with Crippen LogP contribution in [-0.2, 0) is 14.3 Å². The van der Waals surface area contributed by atoms with E-state index in [1.54, 1.807) is 18.2 Å². The van der Waals surface area contributed by atoms with E-state index in [1.165, 1.54) is 12.1 Å². The Morgan fingerprint density at radius 2 is 1.96 bits per heavy atom. The number of ether oxygens (including phenoxy) is 1. The summed E-state index contributed by atoms with van der Waals surface area (Å²) in [5.74, 6) is -1.28. The highest BCUT2D eigenvalue weighted by molar-refractivity contribution is 6.01. The van der Waals surface area contributed by atoms with Crippen LogP contribution in [0.4, 0.5) is 10.1 Å². The molecule has 0 saturated carbocycles. The molecule has 2 aromatic carbocycles. The van der Waals surface area contributed by atoms with E-state index in [1.807, 2.05) is 18.2 Å². The van der Waals surface area contributed by atoms with E-state index in [2.05, 4.69) is 10.6 Å². The van der Waals surface area contributed by atoms with Gasteiger partial charge >= 0.3 is 0 Å². The molecule has 0 aliphatic carbocycles. The van der Waals surface area contributed by atoms with E-state index >= 15 is 0 Å². The fourth-order valence-corrected chi connectivity index (χ4v) is 3.83. The first kappa shape index (κ1) is 17.7. The molecule has 4 rings (SSSR count). The molecule has 140 valence electrons. The summed E-state index contributed by atoms with van der Waals surface area (Å²) < 4.78 is 19.1. The fourth-order valence-electron chi connectivity index (χ4n) is 3.83. The van der Waals surface area contributed by atoms with E-state index in [0.29, 0.717) is 12.3 Å². The first-order chi connectivity index (χ1) is 13.1. The highest BCUT2D eigenvalue weighted by Gasteiger charge is 2.34. The second-order valence-electron chi connectivity index (χ2n) is 6.98. The summed E-state index contributed by atoms with van der Waals surface area (Å²) in [7, 11) is 0. The van der Waals surface area contributed by atoms with Gasteiger partial charge in [0.1, 0.15) is 5.82 Å². The Balaban J connectivity index is 1.60. The Morgan fingerprint density at radius 3 is 2.70 bits per heavy atom. The quantitative estimate of drug-likeness (QED) is 0.870. The number of amides is 2. The number of carbonyl (C=O) groups is 2. The van der Waals surface area contributed by atoms with E-state index in [4.69, 9.17) is 4.74 Å². The van der Waals surface area contributed by atoms with Gasteiger partial charge < -0.3 is 15.4 Å². The van der Waals surface area contributed by atoms with Crippen LogP contribution < -0.4 is 10.6 Å². The SMILES string of the molecule is O=C1CC(C(=O)NC(c2ccc(F)cc2)C2CCCO2)c2ccccc2N1. The largest absolute Gasteiger partial charge is 0.376 e. The third-order valence-electron chi connectivity index (χ3n) is 5.18. The maximum atomic E-state index is 13.3. The fraction of sp³-hybridized carbons (Fsp3) is 0.333. The zero-order chi connectivity index (χ0) is 18.8. The number of anilines is 1. The molecule has 0 radical (unpaired) electrons. The van der Waals surface area contributed by atoms with Crippen LogP contribution in [0.15, 0.2) is 48.5 Å². The van der Waals surface area contributed by atoms with Gasteiger partial charge in [0.2, 0.25) is 11.8 Å². The van der Waals surface area contributed by atoms with Gasteiger partial charge in [-0.3, -0.25) is 9.59 Å². The minimum atomic E-state index is -0.556. The topological polar surface area (TPSA) is 67.4 Å². The van der Waals surface area contributed by atoms with Crippen molar-refractivity contribution in [3.63, 3.8) is 0 Å². The number of carbonyl (C=O) groups excluding carboxylic acids is 2. The van der Waals surface area contributed by atoms with Crippen LogP contribution in [-0.4, -0.2) is 24.5 Å². The molecule has 1 fully saturated rings. The lowest BCUT2D eigenvalue weighted by Crippen LogP contribution is -2.41. The molecule has 27 heavy (non-hydrogen) atoms. The van der Waals surface area contributed by atoms with Gasteiger partial charge in [-0.25, -0.2) is 4.39 Å². The number of rotatable bonds is 4. The molecule has 2 amide bonds. The van der Waals surface area contributed by atoms with Crippen molar-refractivity contribution in [2.45, 2.75) is 37.3 Å². The van der Waals surface area contributed by atoms with Gasteiger partial charge in [0.25, 0.3) is 0 Å². The number of hydrogen-bond acceptors (Lipinski definition) is 3. The molecule has 2 aliphatic rings. The maximum absolute atomic E-state index is 13.3. The first-order valence-electron chi connectivity index (χ1n) is 9.18. The van der Waals surface area contributed by atoms with Gasteiger partial charge in [-0.15, -0.1) is 0 Å². The zero-order valence-corrected chi connectivity index (χ0v) is 14.8. The Hall–Kier alpha value is -2.73. The van der Waals surface area contributed by atoms with Crippen molar-refractivity contribution in [1.29, 1.82) is 0 Å². The van der Waals surface area contributed by atoms with E-state index in [9.17, 15) is 14.0 Å². The molecular weight excluding hydrogens is 347 g/mol. The summed E-state index contributed by atoms with van der Waals surface area (Å²) in [4.78, 5) is 25.1. The van der Waals surface area contributed by atoms with Crippen molar-refractivity contribution in [2.24, 2.45) is 0 Å². The van der Waals surface area contributed by atoms with Gasteiger partial charge in [0.15, 0.2) is 0 Å². The molecule has 3 atom stereocenters. The van der Waals surface area contributed by atoms with Gasteiger partial charge in [0, 0.05) is 18.7 Å². The predicted octanol–water partition coefficient (Wildman–Crippen LogP) is 3.29. The van der Waals surface area contributed by atoms with Gasteiger partial charge in [0.05, 0.1) is 18.1 Å². The third kappa shape index (κ3) is 3.71.